The highest BCUT2D eigenvalue weighted by Crippen LogP contribution is 2.33. The standard InChI is InChI=1S/C13H19BrN2S/c14-12-9-8-11(17-12)13(16-15)10-6-4-2-1-3-5-7-10/h6,8-9,13,16H,1-5,7,15H2/b10-6+. The van der Waals surface area contributed by atoms with Gasteiger partial charge in [0.1, 0.15) is 0 Å². The van der Waals surface area contributed by atoms with Crippen molar-refractivity contribution in [2.24, 2.45) is 5.84 Å². The Hall–Kier alpha value is -0.160. The number of allylic oxidation sites excluding steroid dienone is 1. The summed E-state index contributed by atoms with van der Waals surface area (Å²) in [6.45, 7) is 0. The molecule has 0 amide bonds. The molecule has 0 saturated carbocycles. The lowest BCUT2D eigenvalue weighted by Crippen LogP contribution is -2.29. The number of hydrogen-bond acceptors (Lipinski definition) is 3. The SMILES string of the molecule is NNC(/C1=C/CCCCCC1)c1ccc(Br)s1. The highest BCUT2D eigenvalue weighted by atomic mass is 79.9. The van der Waals surface area contributed by atoms with Gasteiger partial charge in [0.2, 0.25) is 0 Å². The molecular formula is C13H19BrN2S. The van der Waals surface area contributed by atoms with Gasteiger partial charge in [-0.25, -0.2) is 5.43 Å². The van der Waals surface area contributed by atoms with Gasteiger partial charge in [-0.2, -0.15) is 0 Å². The molecule has 1 atom stereocenters. The first-order valence-electron chi connectivity index (χ1n) is 6.21. The van der Waals surface area contributed by atoms with Gasteiger partial charge in [0.05, 0.1) is 9.83 Å². The number of nitrogens with two attached hydrogens (primary N) is 1. The van der Waals surface area contributed by atoms with Crippen LogP contribution in [0, 0.1) is 0 Å². The van der Waals surface area contributed by atoms with Crippen molar-refractivity contribution in [3.8, 4) is 0 Å². The van der Waals surface area contributed by atoms with Crippen LogP contribution in [0.2, 0.25) is 0 Å². The summed E-state index contributed by atoms with van der Waals surface area (Å²) in [6.07, 6.45) is 10.1. The molecule has 1 aliphatic rings. The highest BCUT2D eigenvalue weighted by molar-refractivity contribution is 9.11. The van der Waals surface area contributed by atoms with E-state index >= 15 is 0 Å². The molecule has 3 N–H and O–H groups in total. The zero-order chi connectivity index (χ0) is 12.1. The minimum absolute atomic E-state index is 0.199. The number of hydrazine groups is 1. The zero-order valence-corrected chi connectivity index (χ0v) is 12.3. The Bertz CT molecular complexity index is 387. The van der Waals surface area contributed by atoms with Gasteiger partial charge in [-0.15, -0.1) is 11.3 Å². The average Bonchev–Trinajstić information content (AvgIpc) is 2.68. The second-order valence-electron chi connectivity index (χ2n) is 4.47. The van der Waals surface area contributed by atoms with E-state index in [4.69, 9.17) is 5.84 Å². The van der Waals surface area contributed by atoms with Gasteiger partial charge in [-0.3, -0.25) is 5.84 Å². The van der Waals surface area contributed by atoms with E-state index in [0.29, 0.717) is 0 Å². The molecule has 17 heavy (non-hydrogen) atoms. The lowest BCUT2D eigenvalue weighted by molar-refractivity contribution is 0.560. The van der Waals surface area contributed by atoms with Crippen molar-refractivity contribution < 1.29 is 0 Å². The lowest BCUT2D eigenvalue weighted by Gasteiger charge is -2.20. The molecule has 0 bridgehead atoms. The van der Waals surface area contributed by atoms with Gasteiger partial charge in [0.25, 0.3) is 0 Å². The molecule has 0 aromatic carbocycles. The fraction of sp³-hybridized carbons (Fsp3) is 0.538. The van der Waals surface area contributed by atoms with Crippen LogP contribution in [0.1, 0.15) is 49.4 Å². The zero-order valence-electron chi connectivity index (χ0n) is 9.92. The van der Waals surface area contributed by atoms with E-state index in [9.17, 15) is 0 Å². The first-order chi connectivity index (χ1) is 8.31. The van der Waals surface area contributed by atoms with E-state index in [1.807, 2.05) is 0 Å². The summed E-state index contributed by atoms with van der Waals surface area (Å²) in [5.74, 6) is 5.74. The van der Waals surface area contributed by atoms with Crippen molar-refractivity contribution in [3.63, 3.8) is 0 Å². The van der Waals surface area contributed by atoms with E-state index in [-0.39, 0.29) is 6.04 Å². The summed E-state index contributed by atoms with van der Waals surface area (Å²) in [7, 11) is 0. The first kappa shape index (κ1) is 13.3. The molecule has 0 saturated heterocycles. The Morgan fingerprint density at radius 3 is 2.76 bits per heavy atom. The van der Waals surface area contributed by atoms with Gasteiger partial charge in [0.15, 0.2) is 0 Å². The second kappa shape index (κ2) is 6.69. The maximum Gasteiger partial charge on any atom is 0.0763 e. The third kappa shape index (κ3) is 3.65. The Kier molecular flexibility index (Phi) is 5.22. The van der Waals surface area contributed by atoms with Crippen molar-refractivity contribution in [2.45, 2.75) is 44.6 Å². The molecule has 94 valence electrons. The van der Waals surface area contributed by atoms with Crippen LogP contribution in [0.4, 0.5) is 0 Å². The third-order valence-electron chi connectivity index (χ3n) is 3.24. The predicted octanol–water partition coefficient (Wildman–Crippen LogP) is 4.30. The van der Waals surface area contributed by atoms with Crippen LogP contribution in [0.3, 0.4) is 0 Å². The van der Waals surface area contributed by atoms with Crippen LogP contribution in [-0.2, 0) is 0 Å². The number of rotatable bonds is 3. The average molecular weight is 315 g/mol. The monoisotopic (exact) mass is 314 g/mol. The molecular weight excluding hydrogens is 296 g/mol. The lowest BCUT2D eigenvalue weighted by atomic mass is 9.94. The summed E-state index contributed by atoms with van der Waals surface area (Å²) in [6, 6.07) is 4.44. The van der Waals surface area contributed by atoms with Crippen LogP contribution in [0.5, 0.6) is 0 Å². The number of nitrogens with one attached hydrogen (secondary N) is 1. The van der Waals surface area contributed by atoms with Crippen LogP contribution < -0.4 is 11.3 Å². The van der Waals surface area contributed by atoms with Gasteiger partial charge in [-0.05, 0) is 53.7 Å². The molecule has 1 aromatic heterocycles. The van der Waals surface area contributed by atoms with E-state index in [2.05, 4.69) is 39.6 Å². The van der Waals surface area contributed by atoms with Crippen molar-refractivity contribution in [1.82, 2.24) is 5.43 Å². The fourth-order valence-corrected chi connectivity index (χ4v) is 3.86. The summed E-state index contributed by atoms with van der Waals surface area (Å²) in [5.41, 5.74) is 4.43. The quantitative estimate of drug-likeness (QED) is 0.496. The molecule has 0 fully saturated rings. The molecule has 1 aromatic rings. The Balaban J connectivity index is 2.16. The minimum atomic E-state index is 0.199. The molecule has 1 unspecified atom stereocenters. The summed E-state index contributed by atoms with van der Waals surface area (Å²) < 4.78 is 1.17. The first-order valence-corrected chi connectivity index (χ1v) is 7.82. The van der Waals surface area contributed by atoms with E-state index in [1.54, 1.807) is 11.3 Å². The molecule has 0 aliphatic heterocycles. The van der Waals surface area contributed by atoms with Crippen molar-refractivity contribution in [1.29, 1.82) is 0 Å². The van der Waals surface area contributed by atoms with E-state index in [1.165, 1.54) is 52.8 Å². The smallest absolute Gasteiger partial charge is 0.0763 e. The summed E-state index contributed by atoms with van der Waals surface area (Å²) >= 11 is 5.27. The largest absolute Gasteiger partial charge is 0.271 e. The number of hydrogen-bond donors (Lipinski definition) is 2. The fourth-order valence-electron chi connectivity index (χ4n) is 2.33. The predicted molar refractivity (Wildman–Crippen MR) is 77.9 cm³/mol. The van der Waals surface area contributed by atoms with Crippen LogP contribution in [-0.4, -0.2) is 0 Å². The van der Waals surface area contributed by atoms with Crippen LogP contribution in [0.15, 0.2) is 27.6 Å². The van der Waals surface area contributed by atoms with Crippen molar-refractivity contribution in [2.75, 3.05) is 0 Å². The molecule has 1 aliphatic carbocycles. The Morgan fingerprint density at radius 2 is 2.06 bits per heavy atom. The number of halogens is 1. The molecule has 0 radical (unpaired) electrons. The second-order valence-corrected chi connectivity index (χ2v) is 6.97. The normalized spacial score (nSPS) is 22.4. The summed E-state index contributed by atoms with van der Waals surface area (Å²) in [5, 5.41) is 0. The maximum absolute atomic E-state index is 5.74. The molecule has 0 spiro atoms. The molecule has 4 heteroatoms. The van der Waals surface area contributed by atoms with Gasteiger partial charge >= 0.3 is 0 Å². The molecule has 2 nitrogen and oxygen atoms in total. The maximum atomic E-state index is 5.74. The highest BCUT2D eigenvalue weighted by Gasteiger charge is 2.17. The number of thiophene rings is 1. The van der Waals surface area contributed by atoms with Crippen LogP contribution in [0.25, 0.3) is 0 Å². The third-order valence-corrected chi connectivity index (χ3v) is 4.93. The van der Waals surface area contributed by atoms with E-state index in [0.717, 1.165) is 0 Å². The van der Waals surface area contributed by atoms with Gasteiger partial charge < -0.3 is 0 Å². The topological polar surface area (TPSA) is 38.0 Å². The van der Waals surface area contributed by atoms with Crippen molar-refractivity contribution >= 4 is 27.3 Å². The molecule has 2 rings (SSSR count). The van der Waals surface area contributed by atoms with E-state index < -0.39 is 0 Å². The molecule has 1 heterocycles. The Labute approximate surface area is 115 Å². The van der Waals surface area contributed by atoms with Gasteiger partial charge in [0, 0.05) is 4.88 Å². The summed E-state index contributed by atoms with van der Waals surface area (Å²) in [4.78, 5) is 1.30. The van der Waals surface area contributed by atoms with Gasteiger partial charge in [-0.1, -0.05) is 24.5 Å². The van der Waals surface area contributed by atoms with Crippen molar-refractivity contribution in [3.05, 3.63) is 32.4 Å². The Morgan fingerprint density at radius 1 is 1.24 bits per heavy atom. The minimum Gasteiger partial charge on any atom is -0.271 e. The van der Waals surface area contributed by atoms with Crippen LogP contribution >= 0.6 is 27.3 Å².